The number of fused-ring (bicyclic) bond motifs is 1. The van der Waals surface area contributed by atoms with Crippen LogP contribution in [0.25, 0.3) is 0 Å². The Morgan fingerprint density at radius 1 is 1.37 bits per heavy atom. The molecule has 0 amide bonds. The molecule has 19 heavy (non-hydrogen) atoms. The first-order valence-electron chi connectivity index (χ1n) is 7.06. The first-order chi connectivity index (χ1) is 9.28. The molecule has 3 rings (SSSR count). The van der Waals surface area contributed by atoms with Gasteiger partial charge in [0, 0.05) is 17.6 Å². The summed E-state index contributed by atoms with van der Waals surface area (Å²) in [4.78, 5) is 2.58. The highest BCUT2D eigenvalue weighted by Gasteiger charge is 2.35. The predicted molar refractivity (Wildman–Crippen MR) is 77.6 cm³/mol. The molecule has 2 aliphatic heterocycles. The minimum atomic E-state index is 0.223. The summed E-state index contributed by atoms with van der Waals surface area (Å²) in [7, 11) is 2.00. The molecule has 0 aliphatic carbocycles. The Morgan fingerprint density at radius 2 is 2.16 bits per heavy atom. The monoisotopic (exact) mass is 280 g/mol. The molecule has 0 radical (unpaired) electrons. The maximum absolute atomic E-state index is 6.09. The molecular weight excluding hydrogens is 260 g/mol. The van der Waals surface area contributed by atoms with Crippen molar-refractivity contribution in [3.63, 3.8) is 0 Å². The normalized spacial score (nSPS) is 29.2. The zero-order valence-corrected chi connectivity index (χ0v) is 12.1. The van der Waals surface area contributed by atoms with E-state index in [9.17, 15) is 0 Å². The third-order valence-corrected chi connectivity index (χ3v) is 4.58. The molecule has 2 heterocycles. The summed E-state index contributed by atoms with van der Waals surface area (Å²) < 4.78 is 6.09. The zero-order chi connectivity index (χ0) is 13.2. The fourth-order valence-corrected chi connectivity index (χ4v) is 3.41. The molecule has 104 valence electrons. The van der Waals surface area contributed by atoms with E-state index < -0.39 is 0 Å². The van der Waals surface area contributed by atoms with Gasteiger partial charge in [-0.05, 0) is 44.1 Å². The number of nitrogens with zero attached hydrogens (tertiary/aromatic N) is 1. The molecule has 2 fully saturated rings. The quantitative estimate of drug-likeness (QED) is 0.921. The lowest BCUT2D eigenvalue weighted by molar-refractivity contribution is -0.0642. The van der Waals surface area contributed by atoms with Crippen LogP contribution in [-0.4, -0.2) is 43.8 Å². The van der Waals surface area contributed by atoms with Crippen LogP contribution in [0, 0.1) is 0 Å². The first kappa shape index (κ1) is 13.4. The molecule has 2 aliphatic rings. The van der Waals surface area contributed by atoms with E-state index in [1.807, 2.05) is 19.2 Å². The van der Waals surface area contributed by atoms with Crippen molar-refractivity contribution >= 4 is 11.6 Å². The average molecular weight is 281 g/mol. The van der Waals surface area contributed by atoms with Crippen molar-refractivity contribution in [1.29, 1.82) is 0 Å². The lowest BCUT2D eigenvalue weighted by Crippen LogP contribution is -2.50. The number of ether oxygens (including phenoxy) is 1. The van der Waals surface area contributed by atoms with Crippen LogP contribution in [0.15, 0.2) is 24.3 Å². The summed E-state index contributed by atoms with van der Waals surface area (Å²) in [5, 5.41) is 4.17. The Hall–Kier alpha value is -0.610. The highest BCUT2D eigenvalue weighted by Crippen LogP contribution is 2.29. The van der Waals surface area contributed by atoms with Gasteiger partial charge in [0.1, 0.15) is 0 Å². The van der Waals surface area contributed by atoms with Gasteiger partial charge in [-0.3, -0.25) is 4.90 Å². The third-order valence-electron chi connectivity index (χ3n) is 4.33. The van der Waals surface area contributed by atoms with Crippen LogP contribution in [0.3, 0.4) is 0 Å². The van der Waals surface area contributed by atoms with Crippen LogP contribution < -0.4 is 5.32 Å². The van der Waals surface area contributed by atoms with Crippen molar-refractivity contribution in [2.45, 2.75) is 31.0 Å². The highest BCUT2D eigenvalue weighted by atomic mass is 35.5. The predicted octanol–water partition coefficient (Wildman–Crippen LogP) is 2.46. The van der Waals surface area contributed by atoms with Crippen LogP contribution in [0.4, 0.5) is 0 Å². The van der Waals surface area contributed by atoms with Gasteiger partial charge in [-0.25, -0.2) is 0 Å². The number of benzene rings is 1. The second-order valence-corrected chi connectivity index (χ2v) is 5.92. The second-order valence-electron chi connectivity index (χ2n) is 5.48. The van der Waals surface area contributed by atoms with Gasteiger partial charge in [-0.15, -0.1) is 0 Å². The van der Waals surface area contributed by atoms with Gasteiger partial charge in [0.05, 0.1) is 18.8 Å². The fraction of sp³-hybridized carbons (Fsp3) is 0.600. The maximum atomic E-state index is 6.09. The lowest BCUT2D eigenvalue weighted by atomic mass is 9.99. The van der Waals surface area contributed by atoms with E-state index in [2.05, 4.69) is 22.3 Å². The SMILES string of the molecule is CNC(c1ccc(Cl)cc1)C1CN2CCCC2CO1. The van der Waals surface area contributed by atoms with Crippen LogP contribution >= 0.6 is 11.6 Å². The summed E-state index contributed by atoms with van der Waals surface area (Å²) in [5.41, 5.74) is 1.24. The number of rotatable bonds is 3. The first-order valence-corrected chi connectivity index (χ1v) is 7.44. The summed E-state index contributed by atoms with van der Waals surface area (Å²) >= 11 is 5.96. The number of morpholine rings is 1. The molecular formula is C15H21ClN2O. The Bertz CT molecular complexity index is 423. The smallest absolute Gasteiger partial charge is 0.0897 e. The molecule has 4 heteroatoms. The van der Waals surface area contributed by atoms with Crippen LogP contribution in [-0.2, 0) is 4.74 Å². The van der Waals surface area contributed by atoms with E-state index in [0.717, 1.165) is 18.2 Å². The second kappa shape index (κ2) is 5.80. The number of halogens is 1. The lowest BCUT2D eigenvalue weighted by Gasteiger charge is -2.39. The Labute approximate surface area is 119 Å². The molecule has 3 unspecified atom stereocenters. The van der Waals surface area contributed by atoms with Gasteiger partial charge in [0.2, 0.25) is 0 Å². The van der Waals surface area contributed by atoms with Crippen molar-refractivity contribution in [3.05, 3.63) is 34.9 Å². The summed E-state index contributed by atoms with van der Waals surface area (Å²) in [5.74, 6) is 0. The van der Waals surface area contributed by atoms with Crippen molar-refractivity contribution in [2.24, 2.45) is 0 Å². The molecule has 0 bridgehead atoms. The van der Waals surface area contributed by atoms with E-state index in [0.29, 0.717) is 6.04 Å². The molecule has 3 nitrogen and oxygen atoms in total. The molecule has 0 spiro atoms. The number of hydrogen-bond acceptors (Lipinski definition) is 3. The topological polar surface area (TPSA) is 24.5 Å². The van der Waals surface area contributed by atoms with E-state index in [4.69, 9.17) is 16.3 Å². The standard InChI is InChI=1S/C15H21ClN2O/c1-17-15(11-4-6-12(16)7-5-11)14-9-18-8-2-3-13(18)10-19-14/h4-7,13-15,17H,2-3,8-10H2,1H3. The molecule has 2 saturated heterocycles. The van der Waals surface area contributed by atoms with Crippen molar-refractivity contribution < 1.29 is 4.74 Å². The van der Waals surface area contributed by atoms with E-state index in [1.165, 1.54) is 24.9 Å². The summed E-state index contributed by atoms with van der Waals surface area (Å²) in [6.45, 7) is 3.12. The minimum absolute atomic E-state index is 0.223. The van der Waals surface area contributed by atoms with Crippen LogP contribution in [0.5, 0.6) is 0 Å². The van der Waals surface area contributed by atoms with E-state index in [1.54, 1.807) is 0 Å². The molecule has 1 aromatic rings. The van der Waals surface area contributed by atoms with Gasteiger partial charge in [-0.2, -0.15) is 0 Å². The molecule has 0 saturated carbocycles. The minimum Gasteiger partial charge on any atom is -0.373 e. The van der Waals surface area contributed by atoms with Crippen molar-refractivity contribution in [2.75, 3.05) is 26.7 Å². The number of nitrogens with one attached hydrogen (secondary N) is 1. The summed E-state index contributed by atoms with van der Waals surface area (Å²) in [6.07, 6.45) is 2.82. The van der Waals surface area contributed by atoms with Gasteiger partial charge in [-0.1, -0.05) is 23.7 Å². The van der Waals surface area contributed by atoms with Crippen molar-refractivity contribution in [1.82, 2.24) is 10.2 Å². The Balaban J connectivity index is 1.73. The maximum Gasteiger partial charge on any atom is 0.0897 e. The fourth-order valence-electron chi connectivity index (χ4n) is 3.28. The Morgan fingerprint density at radius 3 is 2.89 bits per heavy atom. The van der Waals surface area contributed by atoms with Crippen LogP contribution in [0.1, 0.15) is 24.4 Å². The number of hydrogen-bond donors (Lipinski definition) is 1. The van der Waals surface area contributed by atoms with E-state index >= 15 is 0 Å². The third kappa shape index (κ3) is 2.79. The van der Waals surface area contributed by atoms with Gasteiger partial charge in [0.25, 0.3) is 0 Å². The summed E-state index contributed by atoms with van der Waals surface area (Å²) in [6, 6.07) is 8.95. The van der Waals surface area contributed by atoms with E-state index in [-0.39, 0.29) is 12.1 Å². The Kier molecular flexibility index (Phi) is 4.08. The molecule has 1 N–H and O–H groups in total. The van der Waals surface area contributed by atoms with Gasteiger partial charge < -0.3 is 10.1 Å². The van der Waals surface area contributed by atoms with Gasteiger partial charge in [0.15, 0.2) is 0 Å². The number of likely N-dealkylation sites (N-methyl/N-ethyl adjacent to an activating group) is 1. The van der Waals surface area contributed by atoms with Gasteiger partial charge >= 0.3 is 0 Å². The molecule has 0 aromatic heterocycles. The molecule has 3 atom stereocenters. The largest absolute Gasteiger partial charge is 0.373 e. The van der Waals surface area contributed by atoms with Crippen molar-refractivity contribution in [3.8, 4) is 0 Å². The molecule has 1 aromatic carbocycles. The average Bonchev–Trinajstić information content (AvgIpc) is 2.89. The van der Waals surface area contributed by atoms with Crippen LogP contribution in [0.2, 0.25) is 5.02 Å². The zero-order valence-electron chi connectivity index (χ0n) is 11.3. The highest BCUT2D eigenvalue weighted by molar-refractivity contribution is 6.30.